The van der Waals surface area contributed by atoms with E-state index in [0.717, 1.165) is 0 Å². The van der Waals surface area contributed by atoms with E-state index in [-0.39, 0.29) is 16.2 Å². The van der Waals surface area contributed by atoms with Crippen LogP contribution in [0.2, 0.25) is 0 Å². The third-order valence-electron chi connectivity index (χ3n) is 10.3. The molecule has 5 aromatic carbocycles. The fourth-order valence-corrected chi connectivity index (χ4v) is 9.73. The van der Waals surface area contributed by atoms with Crippen LogP contribution in [0.4, 0.5) is 0 Å². The van der Waals surface area contributed by atoms with Gasteiger partial charge in [-0.15, -0.1) is 17.1 Å². The Morgan fingerprint density at radius 1 is 0.711 bits per heavy atom. The molecule has 0 saturated heterocycles. The number of hydrogen-bond donors (Lipinski definition) is 0. The van der Waals surface area contributed by atoms with E-state index in [1.807, 2.05) is 11.3 Å². The molecule has 0 aliphatic heterocycles. The molecule has 0 fully saturated rings. The first-order valence-electron chi connectivity index (χ1n) is 14.1. The van der Waals surface area contributed by atoms with Crippen molar-refractivity contribution in [1.29, 1.82) is 0 Å². The summed E-state index contributed by atoms with van der Waals surface area (Å²) in [5.41, 5.74) is 8.38. The van der Waals surface area contributed by atoms with Gasteiger partial charge < -0.3 is 0 Å². The molecule has 2 bridgehead atoms. The summed E-state index contributed by atoms with van der Waals surface area (Å²) in [4.78, 5) is 0. The van der Waals surface area contributed by atoms with Gasteiger partial charge >= 0.3 is 0 Å². The number of hydrogen-bond acceptors (Lipinski definition) is 1. The smallest absolute Gasteiger partial charge is 0.0355 e. The fourth-order valence-electron chi connectivity index (χ4n) is 8.90. The van der Waals surface area contributed by atoms with E-state index in [1.165, 1.54) is 95.2 Å². The van der Waals surface area contributed by atoms with Crippen LogP contribution in [0.15, 0.2) is 60.5 Å². The lowest BCUT2D eigenvalue weighted by Crippen LogP contribution is -2.38. The highest BCUT2D eigenvalue weighted by Gasteiger charge is 2.44. The Balaban J connectivity index is 1.86. The molecule has 2 aliphatic rings. The van der Waals surface area contributed by atoms with Gasteiger partial charge in [0.05, 0.1) is 0 Å². The molecule has 0 amide bonds. The molecule has 0 N–H and O–H groups in total. The van der Waals surface area contributed by atoms with Gasteiger partial charge in [-0.2, -0.15) is 0 Å². The lowest BCUT2D eigenvalue weighted by atomic mass is 9.57. The van der Waals surface area contributed by atoms with Crippen molar-refractivity contribution in [3.05, 3.63) is 82.4 Å². The molecule has 1 heterocycles. The highest BCUT2D eigenvalue weighted by Crippen LogP contribution is 2.57. The molecule has 0 saturated carbocycles. The SMILES string of the molecule is C=C=c1c2c3cccc2c2cc4sccc4c4c5cccc6c5c(c1c24)C(C)(CCCC3(C)C)CC6(C)C. The van der Waals surface area contributed by atoms with Crippen LogP contribution >= 0.6 is 11.3 Å². The molecule has 1 atom stereocenters. The average Bonchev–Trinajstić information content (AvgIpc) is 3.35. The zero-order valence-electron chi connectivity index (χ0n) is 23.1. The molecule has 38 heavy (non-hydrogen) atoms. The highest BCUT2D eigenvalue weighted by molar-refractivity contribution is 7.17. The highest BCUT2D eigenvalue weighted by atomic mass is 32.1. The molecule has 1 aromatic heterocycles. The van der Waals surface area contributed by atoms with E-state index in [4.69, 9.17) is 0 Å². The van der Waals surface area contributed by atoms with Crippen LogP contribution < -0.4 is 5.22 Å². The Morgan fingerprint density at radius 3 is 2.21 bits per heavy atom. The zero-order chi connectivity index (χ0) is 26.2. The van der Waals surface area contributed by atoms with Crippen LogP contribution in [0.1, 0.15) is 77.0 Å². The first-order valence-corrected chi connectivity index (χ1v) is 15.0. The van der Waals surface area contributed by atoms with Gasteiger partial charge in [0.25, 0.3) is 0 Å². The van der Waals surface area contributed by atoms with Crippen LogP contribution in [-0.2, 0) is 16.2 Å². The Bertz CT molecular complexity index is 2090. The molecule has 0 radical (unpaired) electrons. The van der Waals surface area contributed by atoms with E-state index in [9.17, 15) is 0 Å². The zero-order valence-corrected chi connectivity index (χ0v) is 24.0. The maximum Gasteiger partial charge on any atom is 0.0355 e. The number of fused-ring (bicyclic) bond motifs is 4. The van der Waals surface area contributed by atoms with Crippen molar-refractivity contribution in [3.63, 3.8) is 0 Å². The molecule has 8 rings (SSSR count). The summed E-state index contributed by atoms with van der Waals surface area (Å²) in [5.74, 6) is 0. The van der Waals surface area contributed by atoms with Gasteiger partial charge in [-0.3, -0.25) is 0 Å². The van der Waals surface area contributed by atoms with Gasteiger partial charge in [0.2, 0.25) is 0 Å². The van der Waals surface area contributed by atoms with E-state index < -0.39 is 0 Å². The molecule has 188 valence electrons. The molecule has 1 heteroatoms. The van der Waals surface area contributed by atoms with Gasteiger partial charge in [-0.25, -0.2) is 0 Å². The van der Waals surface area contributed by atoms with Crippen LogP contribution in [0, 0.1) is 0 Å². The van der Waals surface area contributed by atoms with Crippen molar-refractivity contribution >= 4 is 70.2 Å². The predicted octanol–water partition coefficient (Wildman–Crippen LogP) is 10.2. The van der Waals surface area contributed by atoms with Gasteiger partial charge in [-0.1, -0.05) is 84.0 Å². The minimum Gasteiger partial charge on any atom is -0.144 e. The van der Waals surface area contributed by atoms with Crippen molar-refractivity contribution in [1.82, 2.24) is 0 Å². The lowest BCUT2D eigenvalue weighted by molar-refractivity contribution is 0.285. The van der Waals surface area contributed by atoms with E-state index in [1.54, 1.807) is 5.56 Å². The lowest BCUT2D eigenvalue weighted by Gasteiger charge is -2.46. The maximum absolute atomic E-state index is 4.37. The van der Waals surface area contributed by atoms with Crippen LogP contribution in [-0.4, -0.2) is 0 Å². The molecular weight excluding hydrogens is 476 g/mol. The summed E-state index contributed by atoms with van der Waals surface area (Å²) < 4.78 is 1.38. The summed E-state index contributed by atoms with van der Waals surface area (Å²) in [6.45, 7) is 16.8. The molecular formula is C37H34S. The minimum atomic E-state index is 0.0805. The fraction of sp³-hybridized carbons (Fsp3) is 0.324. The Labute approximate surface area is 228 Å². The Hall–Kier alpha value is -3.12. The first kappa shape index (κ1) is 22.8. The number of thiophene rings is 1. The standard InChI is InChI=1S/C37H34S/c1-7-21-29-22-11-8-13-26(29)35(2,3)16-10-17-37(6)20-36(4,5)27-14-9-12-24-30-23-15-18-38-28(23)19-25(22)32(30)33(21)34(37)31(24)27/h8-9,11-15,18-19H,1,10,16-17,20H2,2-6H3. The quantitative estimate of drug-likeness (QED) is 0.141. The second-order valence-corrected chi connectivity index (χ2v) is 14.6. The van der Waals surface area contributed by atoms with Gasteiger partial charge in [-0.05, 0) is 102 Å². The monoisotopic (exact) mass is 510 g/mol. The third kappa shape index (κ3) is 2.62. The van der Waals surface area contributed by atoms with E-state index in [2.05, 4.69) is 101 Å². The topological polar surface area (TPSA) is 0 Å². The van der Waals surface area contributed by atoms with Crippen molar-refractivity contribution in [2.24, 2.45) is 0 Å². The Morgan fingerprint density at radius 2 is 1.45 bits per heavy atom. The van der Waals surface area contributed by atoms with Crippen molar-refractivity contribution in [2.75, 3.05) is 0 Å². The largest absolute Gasteiger partial charge is 0.144 e. The summed E-state index contributed by atoms with van der Waals surface area (Å²) in [7, 11) is 0. The molecule has 6 aromatic rings. The summed E-state index contributed by atoms with van der Waals surface area (Å²) in [6, 6.07) is 19.0. The van der Waals surface area contributed by atoms with Crippen LogP contribution in [0.25, 0.3) is 58.9 Å². The van der Waals surface area contributed by atoms with Crippen molar-refractivity contribution in [3.8, 4) is 0 Å². The predicted molar refractivity (Wildman–Crippen MR) is 168 cm³/mol. The minimum absolute atomic E-state index is 0.0805. The molecule has 0 nitrogen and oxygen atoms in total. The van der Waals surface area contributed by atoms with Gasteiger partial charge in [0, 0.05) is 26.1 Å². The van der Waals surface area contributed by atoms with E-state index >= 15 is 0 Å². The molecule has 1 unspecified atom stereocenters. The molecule has 2 aliphatic carbocycles. The maximum atomic E-state index is 4.37. The number of benzene rings is 5. The Kier molecular flexibility index (Phi) is 4.26. The van der Waals surface area contributed by atoms with Crippen molar-refractivity contribution < 1.29 is 0 Å². The summed E-state index contributed by atoms with van der Waals surface area (Å²) in [5, 5.41) is 16.2. The van der Waals surface area contributed by atoms with Crippen LogP contribution in [0.5, 0.6) is 0 Å². The normalized spacial score (nSPS) is 21.9. The summed E-state index contributed by atoms with van der Waals surface area (Å²) >= 11 is 1.87. The first-order chi connectivity index (χ1) is 18.2. The van der Waals surface area contributed by atoms with Gasteiger partial charge in [0.1, 0.15) is 0 Å². The second-order valence-electron chi connectivity index (χ2n) is 13.6. The van der Waals surface area contributed by atoms with Crippen molar-refractivity contribution in [2.45, 2.75) is 76.5 Å². The summed E-state index contributed by atoms with van der Waals surface area (Å²) in [6.07, 6.45) is 4.79. The second kappa shape index (κ2) is 7.09. The van der Waals surface area contributed by atoms with Crippen LogP contribution in [0.3, 0.4) is 0 Å². The average molecular weight is 511 g/mol. The third-order valence-corrected chi connectivity index (χ3v) is 11.2. The van der Waals surface area contributed by atoms with E-state index in [0.29, 0.717) is 0 Å². The van der Waals surface area contributed by atoms with Gasteiger partial charge in [0.15, 0.2) is 0 Å². The number of rotatable bonds is 0. The molecule has 0 spiro atoms.